The molecule has 2 unspecified atom stereocenters. The van der Waals surface area contributed by atoms with Crippen LogP contribution in [0, 0.1) is 17.3 Å². The smallest absolute Gasteiger partial charge is 0.260 e. The monoisotopic (exact) mass is 419 g/mol. The molecule has 4 rings (SSSR count). The molecule has 2 aliphatic heterocycles. The summed E-state index contributed by atoms with van der Waals surface area (Å²) in [6.45, 7) is 5.58. The minimum absolute atomic E-state index is 0.0374. The average molecular weight is 419 g/mol. The topological polar surface area (TPSA) is 79.3 Å². The third kappa shape index (κ3) is 3.03. The Bertz CT molecular complexity index is 1060. The lowest BCUT2D eigenvalue weighted by Gasteiger charge is -2.36. The largest absolute Gasteiger partial charge is 0.497 e. The Labute approximate surface area is 181 Å². The summed E-state index contributed by atoms with van der Waals surface area (Å²) in [7, 11) is 1.55. The van der Waals surface area contributed by atoms with E-state index in [9.17, 15) is 14.4 Å². The van der Waals surface area contributed by atoms with E-state index >= 15 is 0 Å². The van der Waals surface area contributed by atoms with Gasteiger partial charge in [0, 0.05) is 6.42 Å². The van der Waals surface area contributed by atoms with Gasteiger partial charge in [0.15, 0.2) is 0 Å². The van der Waals surface area contributed by atoms with E-state index in [1.54, 1.807) is 50.4 Å². The van der Waals surface area contributed by atoms with Crippen molar-refractivity contribution in [3.05, 3.63) is 54.6 Å². The summed E-state index contributed by atoms with van der Waals surface area (Å²) in [5.74, 6) is -1.37. The number of hydrogen-bond acceptors (Lipinski definition) is 5. The number of hydrogen-bond donors (Lipinski definition) is 0. The predicted molar refractivity (Wildman–Crippen MR) is 118 cm³/mol. The van der Waals surface area contributed by atoms with Gasteiger partial charge in [0.25, 0.3) is 5.91 Å². The number of benzene rings is 2. The van der Waals surface area contributed by atoms with E-state index in [1.165, 1.54) is 9.91 Å². The zero-order chi connectivity index (χ0) is 22.3. The van der Waals surface area contributed by atoms with Crippen molar-refractivity contribution in [1.29, 1.82) is 0 Å². The molecule has 0 N–H and O–H groups in total. The second-order valence-corrected chi connectivity index (χ2v) is 8.18. The van der Waals surface area contributed by atoms with Gasteiger partial charge in [-0.15, -0.1) is 0 Å². The summed E-state index contributed by atoms with van der Waals surface area (Å²) in [6.07, 6.45) is -0.0374. The summed E-state index contributed by atoms with van der Waals surface area (Å²) >= 11 is 0. The third-order valence-electron chi connectivity index (χ3n) is 6.33. The standard InChI is InChI=1S/C24H25N3O4/c1-15(2)24(16(3)25-27(23(24)30)18-8-6-5-7-9-18)20-14-21(28)26(22(20)29)17-10-12-19(31-4)13-11-17/h5-13,15,20H,14H2,1-4H3. The highest BCUT2D eigenvalue weighted by Crippen LogP contribution is 2.49. The fourth-order valence-corrected chi connectivity index (χ4v) is 4.81. The maximum Gasteiger partial charge on any atom is 0.260 e. The van der Waals surface area contributed by atoms with Crippen LogP contribution in [0.25, 0.3) is 0 Å². The molecule has 0 bridgehead atoms. The molecule has 0 spiro atoms. The molecule has 2 aromatic carbocycles. The van der Waals surface area contributed by atoms with Gasteiger partial charge in [0.1, 0.15) is 11.2 Å². The molecule has 160 valence electrons. The number of ether oxygens (including phenoxy) is 1. The first-order valence-electron chi connectivity index (χ1n) is 10.3. The summed E-state index contributed by atoms with van der Waals surface area (Å²) in [5.41, 5.74) is 0.485. The molecule has 31 heavy (non-hydrogen) atoms. The number of carbonyl (C=O) groups excluding carboxylic acids is 3. The first kappa shape index (κ1) is 20.8. The van der Waals surface area contributed by atoms with Crippen LogP contribution < -0.4 is 14.6 Å². The SMILES string of the molecule is COc1ccc(N2C(=O)CC(C3(C(C)C)C(=O)N(c4ccccc4)N=C3C)C2=O)cc1. The summed E-state index contributed by atoms with van der Waals surface area (Å²) in [6, 6.07) is 15.9. The van der Waals surface area contributed by atoms with Crippen LogP contribution in [0.3, 0.4) is 0 Å². The van der Waals surface area contributed by atoms with Gasteiger partial charge in [-0.25, -0.2) is 0 Å². The molecule has 1 saturated heterocycles. The second-order valence-electron chi connectivity index (χ2n) is 8.18. The Balaban J connectivity index is 1.74. The lowest BCUT2D eigenvalue weighted by atomic mass is 9.64. The molecule has 0 radical (unpaired) electrons. The van der Waals surface area contributed by atoms with E-state index < -0.39 is 11.3 Å². The third-order valence-corrected chi connectivity index (χ3v) is 6.33. The Kier molecular flexibility index (Phi) is 5.13. The molecule has 0 aromatic heterocycles. The van der Waals surface area contributed by atoms with Crippen LogP contribution >= 0.6 is 0 Å². The zero-order valence-electron chi connectivity index (χ0n) is 18.0. The maximum atomic E-state index is 13.8. The molecule has 7 nitrogen and oxygen atoms in total. The first-order chi connectivity index (χ1) is 14.8. The highest BCUT2D eigenvalue weighted by atomic mass is 16.5. The number of imide groups is 1. The quantitative estimate of drug-likeness (QED) is 0.693. The van der Waals surface area contributed by atoms with Crippen molar-refractivity contribution >= 4 is 34.8 Å². The summed E-state index contributed by atoms with van der Waals surface area (Å²) in [4.78, 5) is 41.4. The molecular weight excluding hydrogens is 394 g/mol. The molecule has 2 atom stereocenters. The highest BCUT2D eigenvalue weighted by molar-refractivity contribution is 6.27. The molecule has 2 aromatic rings. The van der Waals surface area contributed by atoms with Gasteiger partial charge in [0.2, 0.25) is 11.8 Å². The molecule has 2 aliphatic rings. The Morgan fingerprint density at radius 3 is 2.23 bits per heavy atom. The number of para-hydroxylation sites is 1. The lowest BCUT2D eigenvalue weighted by molar-refractivity contribution is -0.134. The Hall–Kier alpha value is -3.48. The van der Waals surface area contributed by atoms with E-state index in [1.807, 2.05) is 32.0 Å². The van der Waals surface area contributed by atoms with Crippen LogP contribution in [-0.2, 0) is 14.4 Å². The van der Waals surface area contributed by atoms with E-state index in [-0.39, 0.29) is 30.1 Å². The van der Waals surface area contributed by atoms with Crippen molar-refractivity contribution in [2.75, 3.05) is 17.0 Å². The number of anilines is 2. The van der Waals surface area contributed by atoms with E-state index in [4.69, 9.17) is 4.74 Å². The predicted octanol–water partition coefficient (Wildman–Crippen LogP) is 3.64. The van der Waals surface area contributed by atoms with Gasteiger partial charge in [-0.2, -0.15) is 10.1 Å². The van der Waals surface area contributed by atoms with Crippen molar-refractivity contribution in [3.8, 4) is 5.75 Å². The van der Waals surface area contributed by atoms with Gasteiger partial charge in [-0.3, -0.25) is 19.3 Å². The van der Waals surface area contributed by atoms with Gasteiger partial charge in [-0.1, -0.05) is 32.0 Å². The van der Waals surface area contributed by atoms with E-state index in [2.05, 4.69) is 5.10 Å². The van der Waals surface area contributed by atoms with Crippen molar-refractivity contribution in [2.24, 2.45) is 22.4 Å². The van der Waals surface area contributed by atoms with E-state index in [0.717, 1.165) is 0 Å². The number of rotatable bonds is 5. The van der Waals surface area contributed by atoms with Crippen LogP contribution in [-0.4, -0.2) is 30.5 Å². The van der Waals surface area contributed by atoms with Crippen LogP contribution in [0.15, 0.2) is 59.7 Å². The molecule has 1 fully saturated rings. The number of nitrogens with zero attached hydrogens (tertiary/aromatic N) is 3. The van der Waals surface area contributed by atoms with Crippen molar-refractivity contribution < 1.29 is 19.1 Å². The van der Waals surface area contributed by atoms with E-state index in [0.29, 0.717) is 22.8 Å². The summed E-state index contributed by atoms with van der Waals surface area (Å²) < 4.78 is 5.16. The van der Waals surface area contributed by atoms with Crippen LogP contribution in [0.5, 0.6) is 5.75 Å². The molecule has 0 aliphatic carbocycles. The second kappa shape index (κ2) is 7.65. The number of methoxy groups -OCH3 is 1. The number of carbonyl (C=O) groups is 3. The van der Waals surface area contributed by atoms with Crippen molar-refractivity contribution in [2.45, 2.75) is 27.2 Å². The highest BCUT2D eigenvalue weighted by Gasteiger charge is 2.62. The van der Waals surface area contributed by atoms with Crippen LogP contribution in [0.4, 0.5) is 11.4 Å². The average Bonchev–Trinajstić information content (AvgIpc) is 3.21. The zero-order valence-corrected chi connectivity index (χ0v) is 18.0. The molecule has 3 amide bonds. The molecule has 0 saturated carbocycles. The van der Waals surface area contributed by atoms with Crippen LogP contribution in [0.2, 0.25) is 0 Å². The first-order valence-corrected chi connectivity index (χ1v) is 10.3. The minimum atomic E-state index is -1.18. The van der Waals surface area contributed by atoms with Gasteiger partial charge in [0.05, 0.1) is 30.1 Å². The number of hydrazone groups is 1. The summed E-state index contributed by atoms with van der Waals surface area (Å²) in [5, 5.41) is 5.91. The van der Waals surface area contributed by atoms with Crippen LogP contribution in [0.1, 0.15) is 27.2 Å². The lowest BCUT2D eigenvalue weighted by Crippen LogP contribution is -2.51. The maximum absolute atomic E-state index is 13.8. The Morgan fingerprint density at radius 1 is 1.00 bits per heavy atom. The normalized spacial score (nSPS) is 23.7. The minimum Gasteiger partial charge on any atom is -0.497 e. The molecule has 2 heterocycles. The fraction of sp³-hybridized carbons (Fsp3) is 0.333. The Morgan fingerprint density at radius 2 is 1.65 bits per heavy atom. The molecular formula is C24H25N3O4. The van der Waals surface area contributed by atoms with Gasteiger partial charge in [-0.05, 0) is 49.2 Å². The number of amides is 3. The van der Waals surface area contributed by atoms with Crippen molar-refractivity contribution in [1.82, 2.24) is 0 Å². The fourth-order valence-electron chi connectivity index (χ4n) is 4.81. The van der Waals surface area contributed by atoms with Gasteiger partial charge >= 0.3 is 0 Å². The van der Waals surface area contributed by atoms with Gasteiger partial charge < -0.3 is 4.74 Å². The van der Waals surface area contributed by atoms with Crippen molar-refractivity contribution in [3.63, 3.8) is 0 Å². The molecule has 7 heteroatoms.